The molecule has 166 valence electrons. The minimum absolute atomic E-state index is 0.202. The lowest BCUT2D eigenvalue weighted by atomic mass is 10.1. The van der Waals surface area contributed by atoms with Gasteiger partial charge < -0.3 is 19.7 Å². The molecule has 0 saturated heterocycles. The molecule has 2 heterocycles. The van der Waals surface area contributed by atoms with E-state index in [1.807, 2.05) is 24.3 Å². The molecule has 4 aromatic rings. The summed E-state index contributed by atoms with van der Waals surface area (Å²) in [5.41, 5.74) is 5.63. The Morgan fingerprint density at radius 3 is 2.55 bits per heavy atom. The number of rotatable bonds is 5. The van der Waals surface area contributed by atoms with Crippen molar-refractivity contribution in [2.75, 3.05) is 31.0 Å². The van der Waals surface area contributed by atoms with Gasteiger partial charge in [-0.15, -0.1) is 0 Å². The van der Waals surface area contributed by atoms with Crippen molar-refractivity contribution in [2.45, 2.75) is 13.3 Å². The summed E-state index contributed by atoms with van der Waals surface area (Å²) in [4.78, 5) is 20.0. The third kappa shape index (κ3) is 3.96. The molecule has 6 heteroatoms. The normalized spacial score (nSPS) is 12.5. The lowest BCUT2D eigenvalue weighted by molar-refractivity contribution is 0.102. The number of carbonyl (C=O) groups excluding carboxylic acids is 1. The highest BCUT2D eigenvalue weighted by atomic mass is 16.5. The standard InChI is InChI=1S/C27H25N3O3/c1-17-4-5-19-15-20-12-13-30(26(20)28-24(19)14-17)21-8-6-18(7-9-21)27(31)29-23-11-10-22(32-2)16-25(23)33-3/h4-11,14-16H,12-13H2,1-3H3,(H,29,31). The lowest BCUT2D eigenvalue weighted by Gasteiger charge is -2.19. The number of hydrogen-bond acceptors (Lipinski definition) is 5. The first-order valence-electron chi connectivity index (χ1n) is 10.9. The van der Waals surface area contributed by atoms with Crippen LogP contribution in [0, 0.1) is 6.92 Å². The number of nitrogens with one attached hydrogen (secondary N) is 1. The maximum absolute atomic E-state index is 12.8. The number of nitrogens with zero attached hydrogens (tertiary/aromatic N) is 2. The Morgan fingerprint density at radius 2 is 1.79 bits per heavy atom. The second kappa shape index (κ2) is 8.47. The van der Waals surface area contributed by atoms with Crippen LogP contribution >= 0.6 is 0 Å². The molecule has 6 nitrogen and oxygen atoms in total. The van der Waals surface area contributed by atoms with Gasteiger partial charge in [0, 0.05) is 29.2 Å². The smallest absolute Gasteiger partial charge is 0.255 e. The predicted octanol–water partition coefficient (Wildman–Crippen LogP) is 5.51. The second-order valence-corrected chi connectivity index (χ2v) is 8.14. The molecule has 0 spiro atoms. The summed E-state index contributed by atoms with van der Waals surface area (Å²) in [6.07, 6.45) is 0.950. The van der Waals surface area contributed by atoms with E-state index >= 15 is 0 Å². The van der Waals surface area contributed by atoms with Gasteiger partial charge in [0.25, 0.3) is 5.91 Å². The summed E-state index contributed by atoms with van der Waals surface area (Å²) >= 11 is 0. The van der Waals surface area contributed by atoms with E-state index in [-0.39, 0.29) is 5.91 Å². The van der Waals surface area contributed by atoms with Crippen LogP contribution in [-0.4, -0.2) is 31.7 Å². The van der Waals surface area contributed by atoms with E-state index in [0.29, 0.717) is 22.7 Å². The summed E-state index contributed by atoms with van der Waals surface area (Å²) in [5.74, 6) is 2.00. The minimum Gasteiger partial charge on any atom is -0.497 e. The molecule has 0 saturated carbocycles. The van der Waals surface area contributed by atoms with E-state index in [0.717, 1.165) is 30.0 Å². The second-order valence-electron chi connectivity index (χ2n) is 8.14. The van der Waals surface area contributed by atoms with Crippen molar-refractivity contribution < 1.29 is 14.3 Å². The van der Waals surface area contributed by atoms with Gasteiger partial charge in [-0.25, -0.2) is 4.98 Å². The summed E-state index contributed by atoms with van der Waals surface area (Å²) in [5, 5.41) is 4.08. The van der Waals surface area contributed by atoms with Crippen LogP contribution in [0.25, 0.3) is 10.9 Å². The number of anilines is 3. The van der Waals surface area contributed by atoms with E-state index < -0.39 is 0 Å². The fourth-order valence-corrected chi connectivity index (χ4v) is 4.21. The van der Waals surface area contributed by atoms with Gasteiger partial charge in [-0.2, -0.15) is 0 Å². The van der Waals surface area contributed by atoms with Gasteiger partial charge in [0.1, 0.15) is 17.3 Å². The average molecular weight is 440 g/mol. The molecule has 0 aliphatic carbocycles. The maximum Gasteiger partial charge on any atom is 0.255 e. The first-order chi connectivity index (χ1) is 16.1. The molecule has 1 amide bonds. The van der Waals surface area contributed by atoms with Crippen molar-refractivity contribution in [1.82, 2.24) is 4.98 Å². The molecule has 1 aliphatic rings. The Kier molecular flexibility index (Phi) is 5.34. The van der Waals surface area contributed by atoms with Crippen molar-refractivity contribution in [3.63, 3.8) is 0 Å². The highest BCUT2D eigenvalue weighted by molar-refractivity contribution is 6.05. The number of aryl methyl sites for hydroxylation is 1. The third-order valence-corrected chi connectivity index (χ3v) is 5.99. The molecular weight excluding hydrogens is 414 g/mol. The van der Waals surface area contributed by atoms with Crippen molar-refractivity contribution in [3.05, 3.63) is 83.4 Å². The third-order valence-electron chi connectivity index (χ3n) is 5.99. The van der Waals surface area contributed by atoms with Crippen LogP contribution in [0.1, 0.15) is 21.5 Å². The van der Waals surface area contributed by atoms with Crippen LogP contribution in [0.3, 0.4) is 0 Å². The number of amides is 1. The highest BCUT2D eigenvalue weighted by Gasteiger charge is 2.23. The summed E-state index contributed by atoms with van der Waals surface area (Å²) in [6.45, 7) is 2.95. The first-order valence-corrected chi connectivity index (χ1v) is 10.9. The Bertz CT molecular complexity index is 1350. The van der Waals surface area contributed by atoms with Crippen molar-refractivity contribution in [2.24, 2.45) is 0 Å². The number of benzene rings is 3. The zero-order valence-corrected chi connectivity index (χ0v) is 18.9. The first kappa shape index (κ1) is 20.8. The molecular formula is C27H25N3O3. The molecule has 1 aliphatic heterocycles. The van der Waals surface area contributed by atoms with E-state index in [4.69, 9.17) is 14.5 Å². The van der Waals surface area contributed by atoms with Gasteiger partial charge in [0.05, 0.1) is 25.4 Å². The van der Waals surface area contributed by atoms with E-state index in [1.165, 1.54) is 16.5 Å². The van der Waals surface area contributed by atoms with Gasteiger partial charge in [0.15, 0.2) is 0 Å². The van der Waals surface area contributed by atoms with Crippen LogP contribution in [-0.2, 0) is 6.42 Å². The van der Waals surface area contributed by atoms with Crippen molar-refractivity contribution in [3.8, 4) is 11.5 Å². The highest BCUT2D eigenvalue weighted by Crippen LogP contribution is 2.35. The van der Waals surface area contributed by atoms with Gasteiger partial charge in [-0.3, -0.25) is 4.79 Å². The molecule has 33 heavy (non-hydrogen) atoms. The topological polar surface area (TPSA) is 63.7 Å². The van der Waals surface area contributed by atoms with Crippen LogP contribution in [0.2, 0.25) is 0 Å². The Labute approximate surface area is 192 Å². The SMILES string of the molecule is COc1ccc(NC(=O)c2ccc(N3CCc4cc5ccc(C)cc5nc43)cc2)c(OC)c1. The zero-order valence-electron chi connectivity index (χ0n) is 18.9. The maximum atomic E-state index is 12.8. The fraction of sp³-hybridized carbons (Fsp3) is 0.185. The van der Waals surface area contributed by atoms with E-state index in [1.54, 1.807) is 32.4 Å². The summed E-state index contributed by atoms with van der Waals surface area (Å²) < 4.78 is 10.6. The molecule has 1 N–H and O–H groups in total. The number of ether oxygens (including phenoxy) is 2. The zero-order chi connectivity index (χ0) is 22.9. The minimum atomic E-state index is -0.202. The van der Waals surface area contributed by atoms with Gasteiger partial charge in [0.2, 0.25) is 0 Å². The molecule has 0 atom stereocenters. The quantitative estimate of drug-likeness (QED) is 0.444. The van der Waals surface area contributed by atoms with Crippen LogP contribution in [0.15, 0.2) is 66.7 Å². The molecule has 3 aromatic carbocycles. The summed E-state index contributed by atoms with van der Waals surface area (Å²) in [7, 11) is 3.15. The lowest BCUT2D eigenvalue weighted by Crippen LogP contribution is -2.16. The average Bonchev–Trinajstić information content (AvgIpc) is 3.25. The van der Waals surface area contributed by atoms with Gasteiger partial charge in [-0.05, 0) is 73.0 Å². The summed E-state index contributed by atoms with van der Waals surface area (Å²) in [6, 6.07) is 21.5. The molecule has 0 fully saturated rings. The number of hydrogen-bond donors (Lipinski definition) is 1. The van der Waals surface area contributed by atoms with Crippen molar-refractivity contribution >= 4 is 34.0 Å². The van der Waals surface area contributed by atoms with Crippen LogP contribution < -0.4 is 19.7 Å². The molecule has 0 radical (unpaired) electrons. The van der Waals surface area contributed by atoms with E-state index in [9.17, 15) is 4.79 Å². The molecule has 0 bridgehead atoms. The van der Waals surface area contributed by atoms with Crippen LogP contribution in [0.5, 0.6) is 11.5 Å². The van der Waals surface area contributed by atoms with E-state index in [2.05, 4.69) is 41.4 Å². The van der Waals surface area contributed by atoms with Gasteiger partial charge >= 0.3 is 0 Å². The Morgan fingerprint density at radius 1 is 0.970 bits per heavy atom. The molecule has 1 aromatic heterocycles. The largest absolute Gasteiger partial charge is 0.497 e. The number of fused-ring (bicyclic) bond motifs is 2. The molecule has 5 rings (SSSR count). The Hall–Kier alpha value is -4.06. The molecule has 0 unspecified atom stereocenters. The number of aromatic nitrogens is 1. The predicted molar refractivity (Wildman–Crippen MR) is 131 cm³/mol. The number of pyridine rings is 1. The Balaban J connectivity index is 1.37. The van der Waals surface area contributed by atoms with Crippen LogP contribution in [0.4, 0.5) is 17.2 Å². The number of carbonyl (C=O) groups is 1. The fourth-order valence-electron chi connectivity index (χ4n) is 4.21. The van der Waals surface area contributed by atoms with Gasteiger partial charge in [-0.1, -0.05) is 12.1 Å². The van der Waals surface area contributed by atoms with Crippen molar-refractivity contribution in [1.29, 1.82) is 0 Å². The number of methoxy groups -OCH3 is 2. The monoisotopic (exact) mass is 439 g/mol.